The summed E-state index contributed by atoms with van der Waals surface area (Å²) in [5, 5.41) is 8.42. The van der Waals surface area contributed by atoms with Crippen molar-refractivity contribution in [2.75, 3.05) is 0 Å². The van der Waals surface area contributed by atoms with E-state index in [4.69, 9.17) is 0 Å². The maximum absolute atomic E-state index is 13.9. The number of hydrogen-bond acceptors (Lipinski definition) is 5. The van der Waals surface area contributed by atoms with Gasteiger partial charge in [0.25, 0.3) is 0 Å². The Morgan fingerprint density at radius 1 is 1.04 bits per heavy atom. The highest BCUT2D eigenvalue weighted by Gasteiger charge is 2.26. The maximum Gasteiger partial charge on any atom is 0.341 e. The minimum absolute atomic E-state index is 0.299. The predicted molar refractivity (Wildman–Crippen MR) is 90.2 cm³/mol. The fourth-order valence-electron chi connectivity index (χ4n) is 2.19. The zero-order valence-electron chi connectivity index (χ0n) is 13.3. The highest BCUT2D eigenvalue weighted by molar-refractivity contribution is 7.99. The molecule has 0 atom stereocenters. The molecular formula is C16H12F3N3O2S2. The van der Waals surface area contributed by atoms with Gasteiger partial charge in [0.15, 0.2) is 11.0 Å². The van der Waals surface area contributed by atoms with Crippen molar-refractivity contribution in [3.63, 3.8) is 0 Å². The second-order valence-electron chi connectivity index (χ2n) is 5.22. The molecule has 0 aliphatic heterocycles. The third kappa shape index (κ3) is 3.47. The largest absolute Gasteiger partial charge is 0.341 e. The lowest BCUT2D eigenvalue weighted by molar-refractivity contribution is 0.234. The fourth-order valence-corrected chi connectivity index (χ4v) is 3.70. The predicted octanol–water partition coefficient (Wildman–Crippen LogP) is 3.77. The lowest BCUT2D eigenvalue weighted by Crippen LogP contribution is -2.11. The normalized spacial score (nSPS) is 11.9. The van der Waals surface area contributed by atoms with Crippen LogP contribution in [0.4, 0.5) is 13.2 Å². The van der Waals surface area contributed by atoms with Crippen molar-refractivity contribution in [1.82, 2.24) is 14.8 Å². The Bertz CT molecular complexity index is 1040. The van der Waals surface area contributed by atoms with Gasteiger partial charge in [-0.25, -0.2) is 12.8 Å². The van der Waals surface area contributed by atoms with Gasteiger partial charge >= 0.3 is 5.76 Å². The molecule has 1 heterocycles. The average Bonchev–Trinajstić information content (AvgIpc) is 2.96. The Balaban J connectivity index is 1.86. The first kappa shape index (κ1) is 18.5. The van der Waals surface area contributed by atoms with Gasteiger partial charge in [-0.1, -0.05) is 12.1 Å². The van der Waals surface area contributed by atoms with Gasteiger partial charge in [-0.15, -0.1) is 10.2 Å². The Morgan fingerprint density at radius 2 is 1.69 bits per heavy atom. The Kier molecular flexibility index (Phi) is 5.05. The number of rotatable bonds is 5. The molecule has 0 saturated heterocycles. The SMILES string of the molecule is Cn1c(Sc2ccc(S(=O)(=O)C(F)F)cc2)nnc1-c1ccccc1F. The van der Waals surface area contributed by atoms with Crippen LogP contribution in [0.3, 0.4) is 0 Å². The second kappa shape index (κ2) is 7.12. The zero-order valence-corrected chi connectivity index (χ0v) is 14.9. The number of sulfone groups is 1. The van der Waals surface area contributed by atoms with Gasteiger partial charge in [-0.3, -0.25) is 0 Å². The van der Waals surface area contributed by atoms with E-state index in [0.29, 0.717) is 21.4 Å². The molecule has 1 aromatic heterocycles. The summed E-state index contributed by atoms with van der Waals surface area (Å²) in [6.45, 7) is 0. The van der Waals surface area contributed by atoms with Crippen molar-refractivity contribution in [3.05, 3.63) is 54.3 Å². The van der Waals surface area contributed by atoms with Crippen molar-refractivity contribution in [1.29, 1.82) is 0 Å². The van der Waals surface area contributed by atoms with Gasteiger partial charge < -0.3 is 4.57 Å². The molecule has 3 rings (SSSR count). The van der Waals surface area contributed by atoms with Crippen molar-refractivity contribution in [3.8, 4) is 11.4 Å². The van der Waals surface area contributed by atoms with E-state index in [1.54, 1.807) is 29.8 Å². The lowest BCUT2D eigenvalue weighted by Gasteiger charge is -2.06. The van der Waals surface area contributed by atoms with E-state index in [9.17, 15) is 21.6 Å². The maximum atomic E-state index is 13.9. The van der Waals surface area contributed by atoms with Crippen molar-refractivity contribution in [2.45, 2.75) is 20.7 Å². The Labute approximate surface area is 151 Å². The topological polar surface area (TPSA) is 64.8 Å². The minimum Gasteiger partial charge on any atom is -0.305 e. The minimum atomic E-state index is -4.63. The summed E-state index contributed by atoms with van der Waals surface area (Å²) < 4.78 is 63.5. The van der Waals surface area contributed by atoms with Crippen LogP contribution in [0.25, 0.3) is 11.4 Å². The highest BCUT2D eigenvalue weighted by Crippen LogP contribution is 2.30. The number of halogens is 3. The van der Waals surface area contributed by atoms with E-state index >= 15 is 0 Å². The standard InChI is InChI=1S/C16H12F3N3O2S2/c1-22-14(12-4-2-3-5-13(12)17)20-21-16(22)25-10-6-8-11(9-7-10)26(23,24)15(18)19/h2-9,15H,1H3. The quantitative estimate of drug-likeness (QED) is 0.654. The Morgan fingerprint density at radius 3 is 2.31 bits per heavy atom. The van der Waals surface area contributed by atoms with Gasteiger partial charge in [-0.2, -0.15) is 8.78 Å². The van der Waals surface area contributed by atoms with Gasteiger partial charge in [-0.05, 0) is 48.2 Å². The number of aromatic nitrogens is 3. The van der Waals surface area contributed by atoms with E-state index in [1.165, 1.54) is 18.2 Å². The van der Waals surface area contributed by atoms with E-state index < -0.39 is 26.3 Å². The number of benzene rings is 2. The molecular weight excluding hydrogens is 387 g/mol. The molecule has 2 aromatic carbocycles. The molecule has 0 aliphatic rings. The highest BCUT2D eigenvalue weighted by atomic mass is 32.2. The van der Waals surface area contributed by atoms with Crippen LogP contribution in [0.1, 0.15) is 0 Å². The first-order valence-electron chi connectivity index (χ1n) is 7.25. The van der Waals surface area contributed by atoms with Crippen molar-refractivity contribution < 1.29 is 21.6 Å². The molecule has 0 radical (unpaired) electrons. The van der Waals surface area contributed by atoms with Crippen LogP contribution in [0.5, 0.6) is 0 Å². The summed E-state index contributed by atoms with van der Waals surface area (Å²) in [4.78, 5) is 0.121. The third-order valence-electron chi connectivity index (χ3n) is 3.55. The van der Waals surface area contributed by atoms with Gasteiger partial charge in [0, 0.05) is 11.9 Å². The van der Waals surface area contributed by atoms with Crippen LogP contribution in [-0.4, -0.2) is 28.9 Å². The molecule has 0 aliphatic carbocycles. The molecule has 136 valence electrons. The third-order valence-corrected chi connectivity index (χ3v) is 5.99. The van der Waals surface area contributed by atoms with E-state index in [0.717, 1.165) is 23.9 Å². The van der Waals surface area contributed by atoms with E-state index in [1.807, 2.05) is 0 Å². The summed E-state index contributed by atoms with van der Waals surface area (Å²) in [5.41, 5.74) is 0.299. The van der Waals surface area contributed by atoms with Crippen LogP contribution >= 0.6 is 11.8 Å². The monoisotopic (exact) mass is 399 g/mol. The second-order valence-corrected chi connectivity index (χ2v) is 8.18. The van der Waals surface area contributed by atoms with Crippen LogP contribution in [0.15, 0.2) is 63.5 Å². The molecule has 0 fully saturated rings. The summed E-state index contributed by atoms with van der Waals surface area (Å²) in [7, 11) is -2.96. The van der Waals surface area contributed by atoms with Crippen molar-refractivity contribution >= 4 is 21.6 Å². The summed E-state index contributed by atoms with van der Waals surface area (Å²) >= 11 is 1.15. The van der Waals surface area contributed by atoms with Crippen LogP contribution in [0, 0.1) is 5.82 Å². The fraction of sp³-hybridized carbons (Fsp3) is 0.125. The summed E-state index contributed by atoms with van der Waals surface area (Å²) in [6.07, 6.45) is 0. The van der Waals surface area contributed by atoms with Crippen molar-refractivity contribution in [2.24, 2.45) is 7.05 Å². The molecule has 0 saturated carbocycles. The zero-order chi connectivity index (χ0) is 18.9. The first-order chi connectivity index (χ1) is 12.3. The number of nitrogens with zero attached hydrogens (tertiary/aromatic N) is 3. The number of alkyl halides is 2. The molecule has 26 heavy (non-hydrogen) atoms. The molecule has 3 aromatic rings. The molecule has 0 N–H and O–H groups in total. The van der Waals surface area contributed by atoms with Crippen LogP contribution in [0.2, 0.25) is 0 Å². The summed E-state index contributed by atoms with van der Waals surface area (Å²) in [6, 6.07) is 11.2. The Hall–Kier alpha value is -2.33. The molecule has 5 nitrogen and oxygen atoms in total. The molecule has 0 spiro atoms. The average molecular weight is 399 g/mol. The molecule has 0 amide bonds. The first-order valence-corrected chi connectivity index (χ1v) is 9.61. The van der Waals surface area contributed by atoms with E-state index in [-0.39, 0.29) is 0 Å². The molecule has 0 unspecified atom stereocenters. The number of hydrogen-bond donors (Lipinski definition) is 0. The lowest BCUT2D eigenvalue weighted by atomic mass is 10.2. The van der Waals surface area contributed by atoms with Gasteiger partial charge in [0.2, 0.25) is 9.84 Å². The van der Waals surface area contributed by atoms with Gasteiger partial charge in [0.1, 0.15) is 5.82 Å². The van der Waals surface area contributed by atoms with Crippen LogP contribution in [-0.2, 0) is 16.9 Å². The molecule has 10 heteroatoms. The van der Waals surface area contributed by atoms with Gasteiger partial charge in [0.05, 0.1) is 10.5 Å². The molecule has 0 bridgehead atoms. The smallest absolute Gasteiger partial charge is 0.305 e. The van der Waals surface area contributed by atoms with Crippen LogP contribution < -0.4 is 0 Å². The van der Waals surface area contributed by atoms with E-state index in [2.05, 4.69) is 10.2 Å². The summed E-state index contributed by atoms with van der Waals surface area (Å²) in [5.74, 6) is -3.56.